The van der Waals surface area contributed by atoms with Crippen LogP contribution in [0.25, 0.3) is 0 Å². The highest BCUT2D eigenvalue weighted by molar-refractivity contribution is 5.28. The monoisotopic (exact) mass is 413 g/mol. The second-order valence-electron chi connectivity index (χ2n) is 7.89. The molecule has 30 heavy (non-hydrogen) atoms. The van der Waals surface area contributed by atoms with Crippen LogP contribution in [0.2, 0.25) is 0 Å². The third-order valence-electron chi connectivity index (χ3n) is 5.24. The summed E-state index contributed by atoms with van der Waals surface area (Å²) in [5.74, 6) is 1.62. The van der Waals surface area contributed by atoms with Crippen molar-refractivity contribution < 1.29 is 14.6 Å². The summed E-state index contributed by atoms with van der Waals surface area (Å²) in [6.07, 6.45) is 9.02. The van der Waals surface area contributed by atoms with Gasteiger partial charge in [-0.15, -0.1) is 0 Å². The molecule has 0 radical (unpaired) electrons. The molecule has 6 heteroatoms. The lowest BCUT2D eigenvalue weighted by Gasteiger charge is -2.23. The first kappa shape index (κ1) is 22.5. The van der Waals surface area contributed by atoms with E-state index in [0.29, 0.717) is 19.8 Å². The molecule has 164 valence electrons. The van der Waals surface area contributed by atoms with Crippen LogP contribution in [-0.2, 0) is 6.54 Å². The minimum absolute atomic E-state index is 0.332. The number of nitrogens with zero attached hydrogens (tertiary/aromatic N) is 2. The molecule has 1 atom stereocenters. The number of β-amino-alcohol motifs (C(OH)–C–C–N with tert-alkyl or cyclic N) is 1. The van der Waals surface area contributed by atoms with E-state index in [1.54, 1.807) is 12.4 Å². The summed E-state index contributed by atoms with van der Waals surface area (Å²) in [5, 5.41) is 13.8. The van der Waals surface area contributed by atoms with Crippen molar-refractivity contribution in [3.8, 4) is 11.5 Å². The van der Waals surface area contributed by atoms with Crippen LogP contribution in [0, 0.1) is 0 Å². The maximum Gasteiger partial charge on any atom is 0.137 e. The summed E-state index contributed by atoms with van der Waals surface area (Å²) in [6, 6.07) is 11.9. The molecule has 6 nitrogen and oxygen atoms in total. The molecule has 1 fully saturated rings. The van der Waals surface area contributed by atoms with Crippen molar-refractivity contribution in [2.75, 3.05) is 39.4 Å². The highest BCUT2D eigenvalue weighted by atomic mass is 16.5. The Labute approximate surface area is 180 Å². The molecule has 1 aromatic heterocycles. The Hall–Kier alpha value is -2.15. The number of ether oxygens (including phenoxy) is 2. The third kappa shape index (κ3) is 8.69. The Morgan fingerprint density at radius 1 is 1.03 bits per heavy atom. The topological polar surface area (TPSA) is 66.8 Å². The van der Waals surface area contributed by atoms with Crippen molar-refractivity contribution in [3.63, 3.8) is 0 Å². The normalized spacial score (nSPS) is 16.0. The zero-order chi connectivity index (χ0) is 20.9. The highest BCUT2D eigenvalue weighted by Gasteiger charge is 2.14. The predicted octanol–water partition coefficient (Wildman–Crippen LogP) is 3.26. The van der Waals surface area contributed by atoms with Crippen molar-refractivity contribution in [2.24, 2.45) is 0 Å². The SMILES string of the molecule is OC(COc1cccc(CNCCCOc2cccnc2)c1)CN1CCCCCC1. The fourth-order valence-corrected chi connectivity index (χ4v) is 3.66. The predicted molar refractivity (Wildman–Crippen MR) is 119 cm³/mol. The van der Waals surface area contributed by atoms with Gasteiger partial charge in [0.05, 0.1) is 12.8 Å². The number of rotatable bonds is 12. The lowest BCUT2D eigenvalue weighted by atomic mass is 10.2. The first-order chi connectivity index (χ1) is 14.8. The molecule has 0 aliphatic carbocycles. The molecule has 2 aromatic rings. The van der Waals surface area contributed by atoms with Crippen LogP contribution in [0.3, 0.4) is 0 Å². The smallest absolute Gasteiger partial charge is 0.137 e. The van der Waals surface area contributed by atoms with E-state index >= 15 is 0 Å². The molecule has 3 rings (SSSR count). The molecule has 2 heterocycles. The van der Waals surface area contributed by atoms with E-state index < -0.39 is 6.10 Å². The summed E-state index contributed by atoms with van der Waals surface area (Å²) in [6.45, 7) is 5.52. The van der Waals surface area contributed by atoms with Crippen LogP contribution in [0.15, 0.2) is 48.8 Å². The fourth-order valence-electron chi connectivity index (χ4n) is 3.66. The van der Waals surface area contributed by atoms with Gasteiger partial charge in [-0.1, -0.05) is 25.0 Å². The van der Waals surface area contributed by atoms with Gasteiger partial charge in [0.25, 0.3) is 0 Å². The van der Waals surface area contributed by atoms with Crippen molar-refractivity contribution >= 4 is 0 Å². The van der Waals surface area contributed by atoms with Gasteiger partial charge in [-0.25, -0.2) is 0 Å². The quantitative estimate of drug-likeness (QED) is 0.521. The average molecular weight is 414 g/mol. The van der Waals surface area contributed by atoms with E-state index in [1.807, 2.05) is 30.3 Å². The van der Waals surface area contributed by atoms with Crippen LogP contribution >= 0.6 is 0 Å². The molecular weight excluding hydrogens is 378 g/mol. The number of aliphatic hydroxyl groups is 1. The van der Waals surface area contributed by atoms with Crippen molar-refractivity contribution in [1.29, 1.82) is 0 Å². The van der Waals surface area contributed by atoms with Gasteiger partial charge >= 0.3 is 0 Å². The Balaban J connectivity index is 1.30. The summed E-state index contributed by atoms with van der Waals surface area (Å²) in [4.78, 5) is 6.40. The second-order valence-corrected chi connectivity index (χ2v) is 7.89. The van der Waals surface area contributed by atoms with Crippen molar-refractivity contribution in [2.45, 2.75) is 44.8 Å². The van der Waals surface area contributed by atoms with E-state index in [1.165, 1.54) is 31.2 Å². The summed E-state index contributed by atoms with van der Waals surface area (Å²) < 4.78 is 11.5. The maximum atomic E-state index is 10.3. The van der Waals surface area contributed by atoms with Gasteiger partial charge in [0.1, 0.15) is 24.2 Å². The Morgan fingerprint density at radius 3 is 2.67 bits per heavy atom. The minimum Gasteiger partial charge on any atom is -0.492 e. The molecule has 1 saturated heterocycles. The Morgan fingerprint density at radius 2 is 1.87 bits per heavy atom. The van der Waals surface area contributed by atoms with Crippen molar-refractivity contribution in [1.82, 2.24) is 15.2 Å². The largest absolute Gasteiger partial charge is 0.492 e. The minimum atomic E-state index is -0.454. The molecule has 1 aliphatic heterocycles. The molecule has 0 bridgehead atoms. The summed E-state index contributed by atoms with van der Waals surface area (Å²) in [7, 11) is 0. The summed E-state index contributed by atoms with van der Waals surface area (Å²) >= 11 is 0. The maximum absolute atomic E-state index is 10.3. The molecule has 0 amide bonds. The standard InChI is InChI=1S/C24H35N3O3/c28-22(19-27-13-3-1-2-4-14-27)20-30-23-9-5-8-21(16-23)17-25-12-7-15-29-24-10-6-11-26-18-24/h5-6,8-11,16,18,22,25,28H,1-4,7,12-15,17,19-20H2. The number of likely N-dealkylation sites (tertiary alicyclic amines) is 1. The number of pyridine rings is 1. The van der Waals surface area contributed by atoms with Crippen LogP contribution in [0.5, 0.6) is 11.5 Å². The average Bonchev–Trinajstić information content (AvgIpc) is 3.04. The van der Waals surface area contributed by atoms with Crippen molar-refractivity contribution in [3.05, 3.63) is 54.4 Å². The fraction of sp³-hybridized carbons (Fsp3) is 0.542. The molecule has 0 spiro atoms. The highest BCUT2D eigenvalue weighted by Crippen LogP contribution is 2.15. The number of hydrogen-bond acceptors (Lipinski definition) is 6. The van der Waals surface area contributed by atoms with Crippen LogP contribution in [-0.4, -0.2) is 60.5 Å². The van der Waals surface area contributed by atoms with Crippen LogP contribution in [0.1, 0.15) is 37.7 Å². The molecular formula is C24H35N3O3. The van der Waals surface area contributed by atoms with Gasteiger partial charge in [-0.05, 0) is 68.7 Å². The Bertz CT molecular complexity index is 706. The number of aliphatic hydroxyl groups excluding tert-OH is 1. The molecule has 1 aliphatic rings. The number of hydrogen-bond donors (Lipinski definition) is 2. The molecule has 2 N–H and O–H groups in total. The molecule has 0 saturated carbocycles. The second kappa shape index (κ2) is 13.2. The van der Waals surface area contributed by atoms with Crippen LogP contribution in [0.4, 0.5) is 0 Å². The van der Waals surface area contributed by atoms with Gasteiger partial charge in [0, 0.05) is 19.3 Å². The number of nitrogens with one attached hydrogen (secondary N) is 1. The van der Waals surface area contributed by atoms with Gasteiger partial charge in [-0.2, -0.15) is 0 Å². The van der Waals surface area contributed by atoms with E-state index in [-0.39, 0.29) is 0 Å². The number of aromatic nitrogens is 1. The van der Waals surface area contributed by atoms with Gasteiger partial charge in [0.2, 0.25) is 0 Å². The van der Waals surface area contributed by atoms with Gasteiger partial charge in [-0.3, -0.25) is 4.98 Å². The zero-order valence-corrected chi connectivity index (χ0v) is 17.8. The first-order valence-electron chi connectivity index (χ1n) is 11.2. The lowest BCUT2D eigenvalue weighted by Crippen LogP contribution is -2.36. The van der Waals surface area contributed by atoms with E-state index in [0.717, 1.165) is 44.1 Å². The first-order valence-corrected chi connectivity index (χ1v) is 11.2. The Kier molecular flexibility index (Phi) is 9.92. The zero-order valence-electron chi connectivity index (χ0n) is 17.8. The molecule has 1 unspecified atom stereocenters. The van der Waals surface area contributed by atoms with E-state index in [4.69, 9.17) is 9.47 Å². The van der Waals surface area contributed by atoms with Gasteiger partial charge in [0.15, 0.2) is 0 Å². The van der Waals surface area contributed by atoms with Gasteiger partial charge < -0.3 is 24.8 Å². The van der Waals surface area contributed by atoms with Crippen LogP contribution < -0.4 is 14.8 Å². The van der Waals surface area contributed by atoms with E-state index in [9.17, 15) is 5.11 Å². The molecule has 1 aromatic carbocycles. The lowest BCUT2D eigenvalue weighted by molar-refractivity contribution is 0.0693. The summed E-state index contributed by atoms with van der Waals surface area (Å²) in [5.41, 5.74) is 1.17. The third-order valence-corrected chi connectivity index (χ3v) is 5.24. The van der Waals surface area contributed by atoms with E-state index in [2.05, 4.69) is 21.3 Å². The number of benzene rings is 1.